The number of anilines is 1. The van der Waals surface area contributed by atoms with Crippen LogP contribution in [0.15, 0.2) is 48.7 Å². The van der Waals surface area contributed by atoms with E-state index in [4.69, 9.17) is 9.47 Å². The maximum absolute atomic E-state index is 10.7. The summed E-state index contributed by atoms with van der Waals surface area (Å²) in [5.74, 6) is 1.45. The molecule has 0 saturated carbocycles. The number of β-amino-alcohol motifs (C(OH)–C–C–N with tert-alkyl or cyclic N) is 1. The number of methoxy groups -OCH3 is 2. The Bertz CT molecular complexity index is 911. The summed E-state index contributed by atoms with van der Waals surface area (Å²) in [6.45, 7) is 1.09. The average molecular weight is 368 g/mol. The minimum atomic E-state index is -0.659. The van der Waals surface area contributed by atoms with E-state index in [0.717, 1.165) is 32.4 Å². The van der Waals surface area contributed by atoms with Gasteiger partial charge in [0.1, 0.15) is 17.6 Å². The number of thiazole rings is 1. The molecule has 134 valence electrons. The normalized spacial score (nSPS) is 16.3. The first-order valence-corrected chi connectivity index (χ1v) is 9.21. The molecule has 2 heterocycles. The van der Waals surface area contributed by atoms with Gasteiger partial charge in [-0.25, -0.2) is 4.98 Å². The lowest BCUT2D eigenvalue weighted by molar-refractivity contribution is 0.169. The van der Waals surface area contributed by atoms with E-state index in [-0.39, 0.29) is 0 Å². The van der Waals surface area contributed by atoms with Gasteiger partial charge in [0, 0.05) is 23.9 Å². The van der Waals surface area contributed by atoms with Crippen molar-refractivity contribution in [3.63, 3.8) is 0 Å². The van der Waals surface area contributed by atoms with Crippen LogP contribution in [-0.4, -0.2) is 30.9 Å². The van der Waals surface area contributed by atoms with Crippen molar-refractivity contribution in [3.05, 3.63) is 59.8 Å². The number of hydrogen-bond acceptors (Lipinski definition) is 6. The Morgan fingerprint density at radius 1 is 1.08 bits per heavy atom. The van der Waals surface area contributed by atoms with E-state index in [1.807, 2.05) is 36.5 Å². The van der Waals surface area contributed by atoms with E-state index in [1.165, 1.54) is 0 Å². The molecule has 1 aliphatic rings. The lowest BCUT2D eigenvalue weighted by atomic mass is 9.95. The van der Waals surface area contributed by atoms with Crippen LogP contribution in [0.1, 0.15) is 17.2 Å². The summed E-state index contributed by atoms with van der Waals surface area (Å²) in [4.78, 5) is 7.78. The van der Waals surface area contributed by atoms with Crippen LogP contribution in [0.25, 0.3) is 10.4 Å². The number of aliphatic hydroxyl groups is 1. The molecule has 2 aromatic carbocycles. The number of rotatable bonds is 4. The number of benzene rings is 2. The monoisotopic (exact) mass is 368 g/mol. The van der Waals surface area contributed by atoms with Gasteiger partial charge in [-0.1, -0.05) is 41.7 Å². The minimum absolute atomic E-state index is 0.471. The van der Waals surface area contributed by atoms with Gasteiger partial charge in [0.25, 0.3) is 0 Å². The molecule has 0 spiro atoms. The van der Waals surface area contributed by atoms with E-state index in [2.05, 4.69) is 22.0 Å². The lowest BCUT2D eigenvalue weighted by Crippen LogP contribution is -2.34. The van der Waals surface area contributed by atoms with Crippen LogP contribution in [0.3, 0.4) is 0 Å². The van der Waals surface area contributed by atoms with Crippen LogP contribution in [0.4, 0.5) is 5.13 Å². The summed E-state index contributed by atoms with van der Waals surface area (Å²) >= 11 is 1.62. The zero-order valence-electron chi connectivity index (χ0n) is 14.7. The van der Waals surface area contributed by atoms with E-state index in [1.54, 1.807) is 25.6 Å². The Balaban J connectivity index is 1.68. The van der Waals surface area contributed by atoms with Gasteiger partial charge in [0.2, 0.25) is 0 Å². The van der Waals surface area contributed by atoms with Gasteiger partial charge in [-0.15, -0.1) is 0 Å². The predicted molar refractivity (Wildman–Crippen MR) is 103 cm³/mol. The Labute approximate surface area is 156 Å². The highest BCUT2D eigenvalue weighted by Crippen LogP contribution is 2.42. The van der Waals surface area contributed by atoms with Crippen molar-refractivity contribution in [1.82, 2.24) is 4.98 Å². The van der Waals surface area contributed by atoms with Crippen LogP contribution in [-0.2, 0) is 6.54 Å². The standard InChI is InChI=1S/C20H20N2O3S/c1-24-16-8-9-17(25-2)19-14(16)11-22(12-15(19)23)20-21-10-18(26-20)13-6-4-3-5-7-13/h3-10,15,23H,11-12H2,1-2H3. The van der Waals surface area contributed by atoms with E-state index >= 15 is 0 Å². The largest absolute Gasteiger partial charge is 0.496 e. The van der Waals surface area contributed by atoms with Crippen molar-refractivity contribution in [1.29, 1.82) is 0 Å². The first kappa shape index (κ1) is 16.9. The number of ether oxygens (including phenoxy) is 2. The third-order valence-electron chi connectivity index (χ3n) is 4.61. The van der Waals surface area contributed by atoms with Crippen LogP contribution in [0.5, 0.6) is 11.5 Å². The molecule has 1 unspecified atom stereocenters. The van der Waals surface area contributed by atoms with Crippen molar-refractivity contribution in [2.45, 2.75) is 12.6 Å². The zero-order valence-corrected chi connectivity index (χ0v) is 15.5. The molecule has 0 saturated heterocycles. The molecule has 3 aromatic rings. The van der Waals surface area contributed by atoms with Crippen LogP contribution in [0.2, 0.25) is 0 Å². The molecule has 1 aromatic heterocycles. The summed E-state index contributed by atoms with van der Waals surface area (Å²) < 4.78 is 10.9. The molecule has 0 aliphatic carbocycles. The molecule has 1 aliphatic heterocycles. The average Bonchev–Trinajstić information content (AvgIpc) is 3.18. The Hall–Kier alpha value is -2.57. The smallest absolute Gasteiger partial charge is 0.186 e. The maximum Gasteiger partial charge on any atom is 0.186 e. The molecule has 6 heteroatoms. The van der Waals surface area contributed by atoms with Gasteiger partial charge in [-0.05, 0) is 17.7 Å². The zero-order chi connectivity index (χ0) is 18.1. The minimum Gasteiger partial charge on any atom is -0.496 e. The van der Waals surface area contributed by atoms with Crippen LogP contribution in [0, 0.1) is 0 Å². The Kier molecular flexibility index (Phi) is 4.53. The van der Waals surface area contributed by atoms with Gasteiger partial charge < -0.3 is 19.5 Å². The first-order chi connectivity index (χ1) is 12.7. The molecule has 0 amide bonds. The second kappa shape index (κ2) is 6.97. The topological polar surface area (TPSA) is 54.8 Å². The van der Waals surface area contributed by atoms with Crippen LogP contribution >= 0.6 is 11.3 Å². The molecule has 0 bridgehead atoms. The molecular formula is C20H20N2O3S. The van der Waals surface area contributed by atoms with Gasteiger partial charge in [-0.3, -0.25) is 0 Å². The SMILES string of the molecule is COc1ccc(OC)c2c1CN(c1ncc(-c3ccccc3)s1)CC2O. The number of nitrogens with zero attached hydrogens (tertiary/aromatic N) is 2. The summed E-state index contributed by atoms with van der Waals surface area (Å²) in [7, 11) is 3.26. The second-order valence-corrected chi connectivity index (χ2v) is 7.14. The van der Waals surface area contributed by atoms with Gasteiger partial charge >= 0.3 is 0 Å². The van der Waals surface area contributed by atoms with Crippen molar-refractivity contribution in [2.75, 3.05) is 25.7 Å². The fourth-order valence-corrected chi connectivity index (χ4v) is 4.30. The Morgan fingerprint density at radius 2 is 1.81 bits per heavy atom. The summed E-state index contributed by atoms with van der Waals surface area (Å²) in [5, 5.41) is 11.6. The third kappa shape index (κ3) is 2.91. The first-order valence-electron chi connectivity index (χ1n) is 8.39. The van der Waals surface area contributed by atoms with E-state index in [9.17, 15) is 5.11 Å². The number of aliphatic hydroxyl groups excluding tert-OH is 1. The second-order valence-electron chi connectivity index (χ2n) is 6.13. The summed E-state index contributed by atoms with van der Waals surface area (Å²) in [6.07, 6.45) is 1.23. The van der Waals surface area contributed by atoms with Crippen molar-refractivity contribution < 1.29 is 14.6 Å². The molecule has 26 heavy (non-hydrogen) atoms. The molecule has 1 N–H and O–H groups in total. The molecule has 5 nitrogen and oxygen atoms in total. The highest BCUT2D eigenvalue weighted by Gasteiger charge is 2.31. The van der Waals surface area contributed by atoms with Crippen molar-refractivity contribution >= 4 is 16.5 Å². The molecule has 1 atom stereocenters. The van der Waals surface area contributed by atoms with Crippen molar-refractivity contribution in [3.8, 4) is 21.9 Å². The highest BCUT2D eigenvalue weighted by atomic mass is 32.1. The number of fused-ring (bicyclic) bond motifs is 1. The predicted octanol–water partition coefficient (Wildman–Crippen LogP) is 3.88. The van der Waals surface area contributed by atoms with E-state index < -0.39 is 6.10 Å². The van der Waals surface area contributed by atoms with Gasteiger partial charge in [0.05, 0.1) is 25.6 Å². The number of hydrogen-bond donors (Lipinski definition) is 1. The van der Waals surface area contributed by atoms with Gasteiger partial charge in [-0.2, -0.15) is 0 Å². The summed E-state index contributed by atoms with van der Waals surface area (Å²) in [6, 6.07) is 13.9. The lowest BCUT2D eigenvalue weighted by Gasteiger charge is -2.33. The highest BCUT2D eigenvalue weighted by molar-refractivity contribution is 7.18. The Morgan fingerprint density at radius 3 is 2.54 bits per heavy atom. The van der Waals surface area contributed by atoms with E-state index in [0.29, 0.717) is 18.8 Å². The molecule has 0 radical (unpaired) electrons. The fraction of sp³-hybridized carbons (Fsp3) is 0.250. The number of aromatic nitrogens is 1. The molecule has 0 fully saturated rings. The van der Waals surface area contributed by atoms with Crippen LogP contribution < -0.4 is 14.4 Å². The van der Waals surface area contributed by atoms with Crippen molar-refractivity contribution in [2.24, 2.45) is 0 Å². The molecule has 4 rings (SSSR count). The molecular weight excluding hydrogens is 348 g/mol. The summed E-state index contributed by atoms with van der Waals surface area (Å²) in [5.41, 5.74) is 2.90. The third-order valence-corrected chi connectivity index (χ3v) is 5.72. The maximum atomic E-state index is 10.7. The quantitative estimate of drug-likeness (QED) is 0.757. The van der Waals surface area contributed by atoms with Gasteiger partial charge in [0.15, 0.2) is 5.13 Å². The fourth-order valence-electron chi connectivity index (χ4n) is 3.37.